The molecule has 0 aliphatic heterocycles. The zero-order valence-electron chi connectivity index (χ0n) is 17.4. The molecule has 1 aromatic heterocycles. The van der Waals surface area contributed by atoms with Crippen molar-refractivity contribution >= 4 is 34.0 Å². The van der Waals surface area contributed by atoms with Crippen LogP contribution in [0.3, 0.4) is 0 Å². The maximum Gasteiger partial charge on any atom is 0.206 e. The minimum atomic E-state index is -0.344. The molecule has 1 aliphatic rings. The van der Waals surface area contributed by atoms with Crippen molar-refractivity contribution in [3.8, 4) is 0 Å². The van der Waals surface area contributed by atoms with Gasteiger partial charge in [0, 0.05) is 11.6 Å². The van der Waals surface area contributed by atoms with Gasteiger partial charge >= 0.3 is 0 Å². The number of Topliss-reactive ketones (excluding diaryl/α,β-unsaturated/α-hetero) is 1. The Labute approximate surface area is 186 Å². The lowest BCUT2D eigenvalue weighted by Gasteiger charge is -2.21. The topological polar surface area (TPSA) is 54.9 Å². The van der Waals surface area contributed by atoms with Gasteiger partial charge in [-0.2, -0.15) is 0 Å². The van der Waals surface area contributed by atoms with Gasteiger partial charge in [0.05, 0.1) is 5.25 Å². The lowest BCUT2D eigenvalue weighted by Crippen LogP contribution is -2.21. The molecule has 156 valence electrons. The molecule has 4 nitrogen and oxygen atoms in total. The molecule has 0 spiro atoms. The summed E-state index contributed by atoms with van der Waals surface area (Å²) in [4.78, 5) is 13.4. The van der Waals surface area contributed by atoms with E-state index in [4.69, 9.17) is 0 Å². The lowest BCUT2D eigenvalue weighted by atomic mass is 9.96. The number of aryl methyl sites for hydroxylation is 2. The van der Waals surface area contributed by atoms with Crippen molar-refractivity contribution < 1.29 is 4.79 Å². The zero-order valence-corrected chi connectivity index (χ0v) is 19.1. The average Bonchev–Trinajstić information content (AvgIpc) is 3.20. The van der Waals surface area contributed by atoms with Crippen molar-refractivity contribution in [2.24, 2.45) is 0 Å². The van der Waals surface area contributed by atoms with Crippen LogP contribution in [0.15, 0.2) is 52.9 Å². The summed E-state index contributed by atoms with van der Waals surface area (Å²) in [6, 6.07) is 16.5. The highest BCUT2D eigenvalue weighted by atomic mass is 32.2. The number of nitrogens with one attached hydrogen (secondary N) is 1. The highest BCUT2D eigenvalue weighted by Gasteiger charge is 2.25. The summed E-state index contributed by atoms with van der Waals surface area (Å²) in [5, 5.41) is 12.8. The standard InChI is InChI=1S/C24H27N3OS2/c1-16-8-12-18(13-9-16)21(28)22(19-14-10-17(2)11-15-19)29-24-27-26-23(30-24)25-20-6-4-3-5-7-20/h8-15,20,22H,3-7H2,1-2H3,(H,25,26)/t22-/m0/s1. The fourth-order valence-electron chi connectivity index (χ4n) is 3.72. The van der Waals surface area contributed by atoms with E-state index >= 15 is 0 Å². The van der Waals surface area contributed by atoms with E-state index in [1.54, 1.807) is 11.3 Å². The van der Waals surface area contributed by atoms with Gasteiger partial charge in [0.25, 0.3) is 0 Å². The summed E-state index contributed by atoms with van der Waals surface area (Å²) >= 11 is 3.04. The molecular formula is C24H27N3OS2. The van der Waals surface area contributed by atoms with Crippen molar-refractivity contribution in [2.45, 2.75) is 61.6 Å². The molecule has 0 amide bonds. The summed E-state index contributed by atoms with van der Waals surface area (Å²) in [6.45, 7) is 4.09. The van der Waals surface area contributed by atoms with E-state index in [-0.39, 0.29) is 11.0 Å². The third-order valence-electron chi connectivity index (χ3n) is 5.51. The molecule has 1 aliphatic carbocycles. The highest BCUT2D eigenvalue weighted by molar-refractivity contribution is 8.02. The molecular weight excluding hydrogens is 410 g/mol. The van der Waals surface area contributed by atoms with Gasteiger partial charge in [-0.05, 0) is 32.3 Å². The maximum atomic E-state index is 13.4. The molecule has 1 saturated carbocycles. The quantitative estimate of drug-likeness (QED) is 0.333. The normalized spacial score (nSPS) is 15.7. The van der Waals surface area contributed by atoms with E-state index in [1.807, 2.05) is 43.3 Å². The van der Waals surface area contributed by atoms with E-state index in [0.717, 1.165) is 26.2 Å². The number of hydrogen-bond donors (Lipinski definition) is 1. The van der Waals surface area contributed by atoms with E-state index in [0.29, 0.717) is 6.04 Å². The predicted molar refractivity (Wildman–Crippen MR) is 126 cm³/mol. The number of carbonyl (C=O) groups excluding carboxylic acids is 1. The first-order chi connectivity index (χ1) is 14.6. The van der Waals surface area contributed by atoms with Gasteiger partial charge in [0.1, 0.15) is 0 Å². The maximum absolute atomic E-state index is 13.4. The summed E-state index contributed by atoms with van der Waals surface area (Å²) < 4.78 is 0.819. The number of anilines is 1. The van der Waals surface area contributed by atoms with Gasteiger partial charge in [0.2, 0.25) is 5.13 Å². The van der Waals surface area contributed by atoms with Gasteiger partial charge in [-0.25, -0.2) is 0 Å². The summed E-state index contributed by atoms with van der Waals surface area (Å²) in [7, 11) is 0. The molecule has 3 aromatic rings. The molecule has 0 unspecified atom stereocenters. The van der Waals surface area contributed by atoms with E-state index in [9.17, 15) is 4.79 Å². The van der Waals surface area contributed by atoms with Crippen LogP contribution in [0.4, 0.5) is 5.13 Å². The van der Waals surface area contributed by atoms with Crippen molar-refractivity contribution in [1.29, 1.82) is 0 Å². The number of carbonyl (C=O) groups is 1. The van der Waals surface area contributed by atoms with Crippen LogP contribution in [0, 0.1) is 13.8 Å². The third kappa shape index (κ3) is 5.29. The van der Waals surface area contributed by atoms with Crippen LogP contribution in [-0.4, -0.2) is 22.0 Å². The van der Waals surface area contributed by atoms with Gasteiger partial charge in [-0.15, -0.1) is 10.2 Å². The Balaban J connectivity index is 1.54. The van der Waals surface area contributed by atoms with E-state index < -0.39 is 0 Å². The van der Waals surface area contributed by atoms with Crippen LogP contribution in [0.5, 0.6) is 0 Å². The van der Waals surface area contributed by atoms with Crippen molar-refractivity contribution in [2.75, 3.05) is 5.32 Å². The number of nitrogens with zero attached hydrogens (tertiary/aromatic N) is 2. The lowest BCUT2D eigenvalue weighted by molar-refractivity contribution is 0.0989. The van der Waals surface area contributed by atoms with Gasteiger partial charge in [-0.1, -0.05) is 102 Å². The second-order valence-electron chi connectivity index (χ2n) is 7.99. The van der Waals surface area contributed by atoms with E-state index in [1.165, 1.54) is 49.4 Å². The Morgan fingerprint density at radius 2 is 1.60 bits per heavy atom. The van der Waals surface area contributed by atoms with Gasteiger partial charge in [0.15, 0.2) is 10.1 Å². The number of ketones is 1. The molecule has 30 heavy (non-hydrogen) atoms. The monoisotopic (exact) mass is 437 g/mol. The molecule has 1 atom stereocenters. The second-order valence-corrected chi connectivity index (χ2v) is 10.3. The molecule has 4 rings (SSSR count). The first-order valence-corrected chi connectivity index (χ1v) is 12.2. The fraction of sp³-hybridized carbons (Fsp3) is 0.375. The predicted octanol–water partition coefficient (Wildman–Crippen LogP) is 6.62. The molecule has 1 fully saturated rings. The van der Waals surface area contributed by atoms with Crippen LogP contribution in [0.25, 0.3) is 0 Å². The Morgan fingerprint density at radius 1 is 0.967 bits per heavy atom. The smallest absolute Gasteiger partial charge is 0.206 e. The Hall–Kier alpha value is -2.18. The second kappa shape index (κ2) is 9.75. The third-order valence-corrected chi connectivity index (χ3v) is 7.71. The molecule has 6 heteroatoms. The summed E-state index contributed by atoms with van der Waals surface area (Å²) in [6.07, 6.45) is 6.27. The molecule has 0 saturated heterocycles. The van der Waals surface area contributed by atoms with Crippen molar-refractivity contribution in [1.82, 2.24) is 10.2 Å². The van der Waals surface area contributed by atoms with Crippen molar-refractivity contribution in [3.63, 3.8) is 0 Å². The van der Waals surface area contributed by atoms with Crippen LogP contribution in [0.2, 0.25) is 0 Å². The molecule has 0 bridgehead atoms. The number of thioether (sulfide) groups is 1. The first-order valence-electron chi connectivity index (χ1n) is 10.5. The van der Waals surface area contributed by atoms with Gasteiger partial charge < -0.3 is 5.32 Å². The van der Waals surface area contributed by atoms with Gasteiger partial charge in [-0.3, -0.25) is 4.79 Å². The first kappa shape index (κ1) is 21.1. The summed E-state index contributed by atoms with van der Waals surface area (Å²) in [5.41, 5.74) is 4.05. The largest absolute Gasteiger partial charge is 0.357 e. The number of aromatic nitrogens is 2. The Morgan fingerprint density at radius 3 is 2.27 bits per heavy atom. The highest BCUT2D eigenvalue weighted by Crippen LogP contribution is 2.40. The van der Waals surface area contributed by atoms with Crippen LogP contribution in [-0.2, 0) is 0 Å². The molecule has 2 aromatic carbocycles. The minimum absolute atomic E-state index is 0.0980. The van der Waals surface area contributed by atoms with Crippen LogP contribution in [0.1, 0.15) is 64.4 Å². The fourth-order valence-corrected chi connectivity index (χ4v) is 5.82. The SMILES string of the molecule is Cc1ccc(C(=O)[C@@H](Sc2nnc(NC3CCCCC3)s2)c2ccc(C)cc2)cc1. The Kier molecular flexibility index (Phi) is 6.85. The van der Waals surface area contributed by atoms with Crippen molar-refractivity contribution in [3.05, 3.63) is 70.8 Å². The average molecular weight is 438 g/mol. The number of benzene rings is 2. The minimum Gasteiger partial charge on any atom is -0.357 e. The molecule has 1 heterocycles. The zero-order chi connectivity index (χ0) is 20.9. The Bertz CT molecular complexity index is 976. The number of rotatable bonds is 7. The van der Waals surface area contributed by atoms with E-state index in [2.05, 4.69) is 34.6 Å². The number of hydrogen-bond acceptors (Lipinski definition) is 6. The van der Waals surface area contributed by atoms with Crippen LogP contribution < -0.4 is 5.32 Å². The molecule has 0 radical (unpaired) electrons. The molecule has 1 N–H and O–H groups in total. The van der Waals surface area contributed by atoms with Crippen LogP contribution >= 0.6 is 23.1 Å². The summed E-state index contributed by atoms with van der Waals surface area (Å²) in [5.74, 6) is 0.0980.